The molecule has 0 spiro atoms. The van der Waals surface area contributed by atoms with Gasteiger partial charge in [0.15, 0.2) is 0 Å². The number of hydrogen-bond donors (Lipinski definition) is 0. The minimum atomic E-state index is 0.0385. The molecule has 2 aromatic heterocycles. The van der Waals surface area contributed by atoms with E-state index in [1.165, 1.54) is 10.9 Å². The SMILES string of the molecule is COc1cc(-c2cn([C@@H](C)c3cccc4cnccc34)nn2)ccc1Cl. The fourth-order valence-corrected chi connectivity index (χ4v) is 3.27. The molecule has 0 unspecified atom stereocenters. The highest BCUT2D eigenvalue weighted by molar-refractivity contribution is 6.32. The zero-order chi connectivity index (χ0) is 18.1. The molecule has 5 nitrogen and oxygen atoms in total. The zero-order valence-corrected chi connectivity index (χ0v) is 15.2. The fourth-order valence-electron chi connectivity index (χ4n) is 3.07. The molecule has 0 fully saturated rings. The van der Waals surface area contributed by atoms with E-state index in [0.29, 0.717) is 10.8 Å². The van der Waals surface area contributed by atoms with Crippen molar-refractivity contribution in [3.05, 3.63) is 71.6 Å². The number of rotatable bonds is 4. The van der Waals surface area contributed by atoms with Crippen LogP contribution in [0.25, 0.3) is 22.0 Å². The normalized spacial score (nSPS) is 12.3. The van der Waals surface area contributed by atoms with Gasteiger partial charge < -0.3 is 4.74 Å². The topological polar surface area (TPSA) is 52.8 Å². The lowest BCUT2D eigenvalue weighted by Gasteiger charge is -2.14. The van der Waals surface area contributed by atoms with Crippen molar-refractivity contribution in [2.24, 2.45) is 0 Å². The molecule has 130 valence electrons. The van der Waals surface area contributed by atoms with E-state index in [4.69, 9.17) is 16.3 Å². The third-order valence-corrected chi connectivity index (χ3v) is 4.83. The summed E-state index contributed by atoms with van der Waals surface area (Å²) in [6, 6.07) is 13.9. The molecule has 1 atom stereocenters. The molecule has 26 heavy (non-hydrogen) atoms. The quantitative estimate of drug-likeness (QED) is 0.523. The first-order valence-electron chi connectivity index (χ1n) is 8.26. The molecule has 0 aliphatic heterocycles. The minimum absolute atomic E-state index is 0.0385. The summed E-state index contributed by atoms with van der Waals surface area (Å²) < 4.78 is 7.15. The smallest absolute Gasteiger partial charge is 0.138 e. The second kappa shape index (κ2) is 6.77. The van der Waals surface area contributed by atoms with Crippen LogP contribution in [0.3, 0.4) is 0 Å². The van der Waals surface area contributed by atoms with Crippen LogP contribution in [0.4, 0.5) is 0 Å². The molecule has 0 aliphatic carbocycles. The summed E-state index contributed by atoms with van der Waals surface area (Å²) in [7, 11) is 1.60. The molecule has 4 aromatic rings. The highest BCUT2D eigenvalue weighted by Crippen LogP contribution is 2.31. The van der Waals surface area contributed by atoms with Crippen LogP contribution in [0.5, 0.6) is 5.75 Å². The standard InChI is InChI=1S/C20H17ClN4O/c1-13(16-5-3-4-15-11-22-9-8-17(15)16)25-12-19(23-24-25)14-6-7-18(21)20(10-14)26-2/h3-13H,1-2H3/t13-/m0/s1. The predicted molar refractivity (Wildman–Crippen MR) is 103 cm³/mol. The van der Waals surface area contributed by atoms with Crippen LogP contribution < -0.4 is 4.74 Å². The van der Waals surface area contributed by atoms with Crippen molar-refractivity contribution < 1.29 is 4.74 Å². The van der Waals surface area contributed by atoms with Gasteiger partial charge in [0.25, 0.3) is 0 Å². The molecular formula is C20H17ClN4O. The lowest BCUT2D eigenvalue weighted by Crippen LogP contribution is -2.08. The van der Waals surface area contributed by atoms with Crippen LogP contribution >= 0.6 is 11.6 Å². The number of benzene rings is 2. The summed E-state index contributed by atoms with van der Waals surface area (Å²) in [6.45, 7) is 2.11. The first-order valence-corrected chi connectivity index (χ1v) is 8.63. The molecule has 0 amide bonds. The Morgan fingerprint density at radius 2 is 2.04 bits per heavy atom. The Kier molecular flexibility index (Phi) is 4.31. The number of halogens is 1. The number of ether oxygens (including phenoxy) is 1. The molecule has 2 aromatic carbocycles. The van der Waals surface area contributed by atoms with Crippen LogP contribution in [-0.2, 0) is 0 Å². The van der Waals surface area contributed by atoms with E-state index in [-0.39, 0.29) is 6.04 Å². The van der Waals surface area contributed by atoms with Crippen molar-refractivity contribution in [1.29, 1.82) is 0 Å². The van der Waals surface area contributed by atoms with Crippen LogP contribution in [0, 0.1) is 0 Å². The second-order valence-corrected chi connectivity index (χ2v) is 6.46. The highest BCUT2D eigenvalue weighted by Gasteiger charge is 2.15. The van der Waals surface area contributed by atoms with Crippen molar-refractivity contribution in [1.82, 2.24) is 20.0 Å². The van der Waals surface area contributed by atoms with Gasteiger partial charge in [0.1, 0.15) is 11.4 Å². The Bertz CT molecular complexity index is 1070. The summed E-state index contributed by atoms with van der Waals surface area (Å²) in [5, 5.41) is 11.5. The van der Waals surface area contributed by atoms with Crippen molar-refractivity contribution >= 4 is 22.4 Å². The highest BCUT2D eigenvalue weighted by atomic mass is 35.5. The fraction of sp³-hybridized carbons (Fsp3) is 0.150. The molecule has 0 N–H and O–H groups in total. The van der Waals surface area contributed by atoms with Crippen LogP contribution in [-0.4, -0.2) is 27.1 Å². The lowest BCUT2D eigenvalue weighted by atomic mass is 10.0. The average Bonchev–Trinajstić information content (AvgIpc) is 3.17. The van der Waals surface area contributed by atoms with Gasteiger partial charge in [-0.2, -0.15) is 0 Å². The number of methoxy groups -OCH3 is 1. The van der Waals surface area contributed by atoms with Crippen LogP contribution in [0.15, 0.2) is 61.1 Å². The molecule has 0 saturated heterocycles. The van der Waals surface area contributed by atoms with Crippen LogP contribution in [0.2, 0.25) is 5.02 Å². The maximum Gasteiger partial charge on any atom is 0.138 e. The Morgan fingerprint density at radius 3 is 2.88 bits per heavy atom. The van der Waals surface area contributed by atoms with E-state index >= 15 is 0 Å². The summed E-state index contributed by atoms with van der Waals surface area (Å²) >= 11 is 6.10. The maximum absolute atomic E-state index is 6.10. The van der Waals surface area contributed by atoms with Crippen molar-refractivity contribution in [3.8, 4) is 17.0 Å². The van der Waals surface area contributed by atoms with E-state index in [1.807, 2.05) is 47.5 Å². The Balaban J connectivity index is 1.71. The van der Waals surface area contributed by atoms with E-state index in [2.05, 4.69) is 34.4 Å². The van der Waals surface area contributed by atoms with Gasteiger partial charge in [0.2, 0.25) is 0 Å². The molecule has 4 rings (SSSR count). The summed E-state index contributed by atoms with van der Waals surface area (Å²) in [5.74, 6) is 0.619. The van der Waals surface area contributed by atoms with Crippen molar-refractivity contribution in [3.63, 3.8) is 0 Å². The Hall–Kier alpha value is -2.92. The molecule has 0 aliphatic rings. The molecular weight excluding hydrogens is 348 g/mol. The molecule has 0 radical (unpaired) electrons. The molecule has 0 bridgehead atoms. The molecule has 0 saturated carbocycles. The van der Waals surface area contributed by atoms with E-state index < -0.39 is 0 Å². The van der Waals surface area contributed by atoms with Gasteiger partial charge in [0, 0.05) is 23.3 Å². The van der Waals surface area contributed by atoms with E-state index in [1.54, 1.807) is 13.2 Å². The number of fused-ring (bicyclic) bond motifs is 1. The third kappa shape index (κ3) is 2.91. The molecule has 6 heteroatoms. The lowest BCUT2D eigenvalue weighted by molar-refractivity contribution is 0.415. The number of hydrogen-bond acceptors (Lipinski definition) is 4. The van der Waals surface area contributed by atoms with Gasteiger partial charge >= 0.3 is 0 Å². The molecule has 2 heterocycles. The first-order chi connectivity index (χ1) is 12.7. The second-order valence-electron chi connectivity index (χ2n) is 6.05. The minimum Gasteiger partial charge on any atom is -0.495 e. The number of nitrogens with zero attached hydrogens (tertiary/aromatic N) is 4. The third-order valence-electron chi connectivity index (χ3n) is 4.52. The number of pyridine rings is 1. The summed E-state index contributed by atoms with van der Waals surface area (Å²) in [6.07, 6.45) is 5.62. The van der Waals surface area contributed by atoms with Gasteiger partial charge in [-0.15, -0.1) is 5.10 Å². The van der Waals surface area contributed by atoms with Crippen molar-refractivity contribution in [2.75, 3.05) is 7.11 Å². The number of aromatic nitrogens is 4. The van der Waals surface area contributed by atoms with E-state index in [9.17, 15) is 0 Å². The summed E-state index contributed by atoms with van der Waals surface area (Å²) in [5.41, 5.74) is 2.86. The van der Waals surface area contributed by atoms with Gasteiger partial charge in [-0.05, 0) is 36.1 Å². The zero-order valence-electron chi connectivity index (χ0n) is 14.4. The van der Waals surface area contributed by atoms with Gasteiger partial charge in [-0.25, -0.2) is 4.68 Å². The van der Waals surface area contributed by atoms with Gasteiger partial charge in [-0.1, -0.05) is 41.1 Å². The Morgan fingerprint density at radius 1 is 1.15 bits per heavy atom. The van der Waals surface area contributed by atoms with Crippen LogP contribution in [0.1, 0.15) is 18.5 Å². The first kappa shape index (κ1) is 16.5. The summed E-state index contributed by atoms with van der Waals surface area (Å²) in [4.78, 5) is 4.20. The van der Waals surface area contributed by atoms with E-state index in [0.717, 1.165) is 16.6 Å². The monoisotopic (exact) mass is 364 g/mol. The average molecular weight is 365 g/mol. The van der Waals surface area contributed by atoms with Crippen molar-refractivity contribution in [2.45, 2.75) is 13.0 Å². The van der Waals surface area contributed by atoms with Gasteiger partial charge in [-0.3, -0.25) is 4.98 Å². The Labute approximate surface area is 156 Å². The van der Waals surface area contributed by atoms with Gasteiger partial charge in [0.05, 0.1) is 24.4 Å². The maximum atomic E-state index is 6.10. The predicted octanol–water partition coefficient (Wildman–Crippen LogP) is 4.76. The largest absolute Gasteiger partial charge is 0.495 e.